The summed E-state index contributed by atoms with van der Waals surface area (Å²) in [4.78, 5) is 13.4. The minimum Gasteiger partial charge on any atom is -0.478 e. The molecular weight excluding hydrogens is 264 g/mol. The van der Waals surface area contributed by atoms with Gasteiger partial charge in [0.25, 0.3) is 0 Å². The molecule has 21 heavy (non-hydrogen) atoms. The van der Waals surface area contributed by atoms with Gasteiger partial charge >= 0.3 is 5.97 Å². The van der Waals surface area contributed by atoms with E-state index in [1.165, 1.54) is 18.4 Å². The van der Waals surface area contributed by atoms with Gasteiger partial charge in [-0.3, -0.25) is 4.90 Å². The van der Waals surface area contributed by atoms with Crippen molar-refractivity contribution in [3.8, 4) is 0 Å². The molecule has 0 bridgehead atoms. The topological polar surface area (TPSA) is 52.6 Å². The van der Waals surface area contributed by atoms with Gasteiger partial charge in [0.1, 0.15) is 0 Å². The van der Waals surface area contributed by atoms with Crippen molar-refractivity contribution in [3.63, 3.8) is 0 Å². The summed E-state index contributed by atoms with van der Waals surface area (Å²) in [6.45, 7) is 8.69. The van der Waals surface area contributed by atoms with Crippen molar-refractivity contribution in [1.82, 2.24) is 10.2 Å². The number of benzene rings is 1. The van der Waals surface area contributed by atoms with Crippen LogP contribution in [-0.2, 0) is 6.54 Å². The summed E-state index contributed by atoms with van der Waals surface area (Å²) in [5.41, 5.74) is 1.53. The van der Waals surface area contributed by atoms with Crippen molar-refractivity contribution in [2.75, 3.05) is 19.6 Å². The normalized spacial score (nSPS) is 19.1. The molecule has 1 aliphatic heterocycles. The molecule has 0 aliphatic carbocycles. The van der Waals surface area contributed by atoms with Gasteiger partial charge in [-0.1, -0.05) is 12.1 Å². The zero-order valence-corrected chi connectivity index (χ0v) is 13.0. The smallest absolute Gasteiger partial charge is 0.335 e. The van der Waals surface area contributed by atoms with E-state index in [1.54, 1.807) is 12.1 Å². The van der Waals surface area contributed by atoms with Gasteiger partial charge in [0.05, 0.1) is 5.56 Å². The molecule has 4 nitrogen and oxygen atoms in total. The van der Waals surface area contributed by atoms with E-state index in [0.717, 1.165) is 32.1 Å². The number of nitrogens with one attached hydrogen (secondary N) is 1. The predicted molar refractivity (Wildman–Crippen MR) is 84.5 cm³/mol. The fourth-order valence-corrected chi connectivity index (χ4v) is 2.86. The first-order valence-electron chi connectivity index (χ1n) is 7.83. The Bertz CT molecular complexity index is 450. The molecule has 1 heterocycles. The van der Waals surface area contributed by atoms with Crippen LogP contribution in [0.3, 0.4) is 0 Å². The lowest BCUT2D eigenvalue weighted by atomic mass is 9.98. The Hall–Kier alpha value is -1.39. The highest BCUT2D eigenvalue weighted by Crippen LogP contribution is 2.16. The average molecular weight is 290 g/mol. The van der Waals surface area contributed by atoms with Crippen LogP contribution in [-0.4, -0.2) is 41.7 Å². The zero-order valence-electron chi connectivity index (χ0n) is 13.0. The van der Waals surface area contributed by atoms with Gasteiger partial charge in [-0.15, -0.1) is 0 Å². The number of piperidine rings is 1. The third kappa shape index (κ3) is 4.83. The highest BCUT2D eigenvalue weighted by molar-refractivity contribution is 5.87. The van der Waals surface area contributed by atoms with E-state index in [4.69, 9.17) is 5.11 Å². The molecule has 116 valence electrons. The molecule has 1 aromatic rings. The van der Waals surface area contributed by atoms with Crippen molar-refractivity contribution < 1.29 is 9.90 Å². The SMILES string of the molecule is CC(C)N(Cc1ccc(C(=O)O)cc1)CC1CCCNC1. The Balaban J connectivity index is 1.96. The lowest BCUT2D eigenvalue weighted by Crippen LogP contribution is -2.40. The van der Waals surface area contributed by atoms with Crippen molar-refractivity contribution in [2.45, 2.75) is 39.3 Å². The molecule has 1 atom stereocenters. The van der Waals surface area contributed by atoms with Crippen molar-refractivity contribution in [1.29, 1.82) is 0 Å². The first-order valence-corrected chi connectivity index (χ1v) is 7.83. The van der Waals surface area contributed by atoms with E-state index >= 15 is 0 Å². The van der Waals surface area contributed by atoms with Crippen molar-refractivity contribution >= 4 is 5.97 Å². The summed E-state index contributed by atoms with van der Waals surface area (Å²) in [6, 6.07) is 7.73. The second kappa shape index (κ2) is 7.57. The molecule has 1 unspecified atom stereocenters. The van der Waals surface area contributed by atoms with Crippen LogP contribution in [0.5, 0.6) is 0 Å². The Morgan fingerprint density at radius 3 is 2.62 bits per heavy atom. The summed E-state index contributed by atoms with van der Waals surface area (Å²) in [5, 5.41) is 12.4. The highest BCUT2D eigenvalue weighted by atomic mass is 16.4. The van der Waals surface area contributed by atoms with E-state index in [-0.39, 0.29) is 0 Å². The van der Waals surface area contributed by atoms with Gasteiger partial charge in [-0.05, 0) is 63.4 Å². The first kappa shape index (κ1) is 16.0. The quantitative estimate of drug-likeness (QED) is 0.845. The molecule has 4 heteroatoms. The molecule has 0 saturated carbocycles. The molecule has 1 fully saturated rings. The number of hydrogen-bond acceptors (Lipinski definition) is 3. The summed E-state index contributed by atoms with van der Waals surface area (Å²) < 4.78 is 0. The largest absolute Gasteiger partial charge is 0.478 e. The standard InChI is InChI=1S/C17H26N2O2/c1-13(2)19(12-15-4-3-9-18-10-15)11-14-5-7-16(8-6-14)17(20)21/h5-8,13,15,18H,3-4,9-12H2,1-2H3,(H,20,21). The Morgan fingerprint density at radius 2 is 2.10 bits per heavy atom. The first-order chi connectivity index (χ1) is 10.1. The van der Waals surface area contributed by atoms with Crippen LogP contribution in [0, 0.1) is 5.92 Å². The monoisotopic (exact) mass is 290 g/mol. The van der Waals surface area contributed by atoms with Gasteiger partial charge in [-0.25, -0.2) is 4.79 Å². The van der Waals surface area contributed by atoms with Gasteiger partial charge < -0.3 is 10.4 Å². The van der Waals surface area contributed by atoms with Gasteiger partial charge in [0.2, 0.25) is 0 Å². The minimum absolute atomic E-state index is 0.353. The number of aromatic carboxylic acids is 1. The van der Waals surface area contributed by atoms with E-state index < -0.39 is 5.97 Å². The van der Waals surface area contributed by atoms with Crippen LogP contribution in [0.15, 0.2) is 24.3 Å². The van der Waals surface area contributed by atoms with Crippen LogP contribution in [0.1, 0.15) is 42.6 Å². The third-order valence-corrected chi connectivity index (χ3v) is 4.21. The number of carbonyl (C=O) groups is 1. The van der Waals surface area contributed by atoms with E-state index in [0.29, 0.717) is 11.6 Å². The molecule has 1 aliphatic rings. The number of hydrogen-bond donors (Lipinski definition) is 2. The maximum atomic E-state index is 10.9. The van der Waals surface area contributed by atoms with Gasteiger partial charge in [0, 0.05) is 19.1 Å². The average Bonchev–Trinajstić information content (AvgIpc) is 2.48. The second-order valence-electron chi connectivity index (χ2n) is 6.24. The molecular formula is C17H26N2O2. The fourth-order valence-electron chi connectivity index (χ4n) is 2.86. The van der Waals surface area contributed by atoms with E-state index in [1.807, 2.05) is 12.1 Å². The predicted octanol–water partition coefficient (Wildman–Crippen LogP) is 2.59. The molecule has 0 amide bonds. The second-order valence-corrected chi connectivity index (χ2v) is 6.24. The highest BCUT2D eigenvalue weighted by Gasteiger charge is 2.19. The third-order valence-electron chi connectivity index (χ3n) is 4.21. The zero-order chi connectivity index (χ0) is 15.2. The molecule has 2 rings (SSSR count). The van der Waals surface area contributed by atoms with Crippen LogP contribution < -0.4 is 5.32 Å². The molecule has 0 radical (unpaired) electrons. The molecule has 0 spiro atoms. The summed E-state index contributed by atoms with van der Waals surface area (Å²) >= 11 is 0. The molecule has 1 aromatic carbocycles. The Morgan fingerprint density at radius 1 is 1.38 bits per heavy atom. The van der Waals surface area contributed by atoms with Crippen molar-refractivity contribution in [3.05, 3.63) is 35.4 Å². The van der Waals surface area contributed by atoms with Crippen molar-refractivity contribution in [2.24, 2.45) is 5.92 Å². The number of carboxylic acid groups (broad SMARTS) is 1. The number of carboxylic acids is 1. The lowest BCUT2D eigenvalue weighted by molar-refractivity contribution is 0.0697. The number of nitrogens with zero attached hydrogens (tertiary/aromatic N) is 1. The summed E-state index contributed by atoms with van der Waals surface area (Å²) in [5.74, 6) is -0.144. The molecule has 2 N–H and O–H groups in total. The molecule has 1 saturated heterocycles. The van der Waals surface area contributed by atoms with Crippen LogP contribution in [0.25, 0.3) is 0 Å². The van der Waals surface area contributed by atoms with Crippen LogP contribution >= 0.6 is 0 Å². The summed E-state index contributed by atoms with van der Waals surface area (Å²) in [6.07, 6.45) is 2.57. The Labute approximate surface area is 127 Å². The maximum Gasteiger partial charge on any atom is 0.335 e. The fraction of sp³-hybridized carbons (Fsp3) is 0.588. The van der Waals surface area contributed by atoms with Gasteiger partial charge in [-0.2, -0.15) is 0 Å². The number of rotatable bonds is 6. The van der Waals surface area contributed by atoms with Gasteiger partial charge in [0.15, 0.2) is 0 Å². The van der Waals surface area contributed by atoms with Crippen LogP contribution in [0.4, 0.5) is 0 Å². The molecule has 0 aromatic heterocycles. The van der Waals surface area contributed by atoms with E-state index in [2.05, 4.69) is 24.1 Å². The minimum atomic E-state index is -0.865. The summed E-state index contributed by atoms with van der Waals surface area (Å²) in [7, 11) is 0. The Kier molecular flexibility index (Phi) is 5.76. The van der Waals surface area contributed by atoms with E-state index in [9.17, 15) is 4.79 Å². The maximum absolute atomic E-state index is 10.9. The lowest BCUT2D eigenvalue weighted by Gasteiger charge is -2.32. The van der Waals surface area contributed by atoms with Crippen LogP contribution in [0.2, 0.25) is 0 Å².